The van der Waals surface area contributed by atoms with Crippen molar-refractivity contribution in [3.05, 3.63) is 139 Å². The summed E-state index contributed by atoms with van der Waals surface area (Å²) in [5, 5.41) is 15.0. The Bertz CT molecular complexity index is 2120. The first kappa shape index (κ1) is 25.6. The van der Waals surface area contributed by atoms with E-state index in [1.807, 2.05) is 26.0 Å². The Morgan fingerprint density at radius 2 is 1.07 bits per heavy atom. The number of nitriles is 1. The van der Waals surface area contributed by atoms with Crippen molar-refractivity contribution in [1.29, 1.82) is 5.26 Å². The van der Waals surface area contributed by atoms with Crippen LogP contribution in [0.2, 0.25) is 0 Å². The lowest BCUT2D eigenvalue weighted by Gasteiger charge is -2.19. The van der Waals surface area contributed by atoms with Gasteiger partial charge in [-0.2, -0.15) is 5.26 Å². The number of fused-ring (bicyclic) bond motifs is 6. The van der Waals surface area contributed by atoms with Gasteiger partial charge < -0.3 is 9.13 Å². The Kier molecular flexibility index (Phi) is 6.45. The van der Waals surface area contributed by atoms with Crippen LogP contribution in [0.15, 0.2) is 127 Å². The molecule has 0 amide bonds. The molecule has 0 unspecified atom stereocenters. The number of hydrogen-bond donors (Lipinski definition) is 0. The van der Waals surface area contributed by atoms with E-state index in [1.165, 1.54) is 38.3 Å². The van der Waals surface area contributed by atoms with E-state index >= 15 is 0 Å². The lowest BCUT2D eigenvalue weighted by Crippen LogP contribution is -2.02. The Hall–Kier alpha value is -5.33. The second-order valence-corrected chi connectivity index (χ2v) is 10.5. The van der Waals surface area contributed by atoms with Crippen LogP contribution < -0.4 is 0 Å². The van der Waals surface area contributed by atoms with E-state index in [-0.39, 0.29) is 0 Å². The van der Waals surface area contributed by atoms with Crippen LogP contribution in [0.3, 0.4) is 0 Å². The number of rotatable bonds is 3. The second-order valence-electron chi connectivity index (χ2n) is 10.5. The minimum Gasteiger partial charge on any atom is -0.313 e. The van der Waals surface area contributed by atoms with E-state index < -0.39 is 0 Å². The molecule has 0 atom stereocenters. The van der Waals surface area contributed by atoms with Gasteiger partial charge in [0.05, 0.1) is 33.7 Å². The van der Waals surface area contributed by atoms with Crippen LogP contribution in [0.1, 0.15) is 37.8 Å². The fraction of sp³-hybridized carbons (Fsp3) is 0.103. The van der Waals surface area contributed by atoms with Crippen LogP contribution in [-0.2, 0) is 0 Å². The molecule has 2 aromatic heterocycles. The van der Waals surface area contributed by atoms with Crippen LogP contribution >= 0.6 is 0 Å². The zero-order valence-corrected chi connectivity index (χ0v) is 23.9. The number of aromatic nitrogens is 2. The molecule has 0 saturated carbocycles. The van der Waals surface area contributed by atoms with Crippen molar-refractivity contribution in [2.45, 2.75) is 26.7 Å². The monoisotopic (exact) mass is 541 g/mol. The molecule has 0 fully saturated rings. The van der Waals surface area contributed by atoms with Crippen molar-refractivity contribution in [3.8, 4) is 11.8 Å². The predicted molar refractivity (Wildman–Crippen MR) is 178 cm³/mol. The summed E-state index contributed by atoms with van der Waals surface area (Å²) in [6.07, 6.45) is 6.53. The molecular formula is C39H31N3. The highest BCUT2D eigenvalue weighted by molar-refractivity contribution is 6.11. The zero-order chi connectivity index (χ0) is 28.6. The predicted octanol–water partition coefficient (Wildman–Crippen LogP) is 10.5. The van der Waals surface area contributed by atoms with Gasteiger partial charge in [0, 0.05) is 32.9 Å². The van der Waals surface area contributed by atoms with Gasteiger partial charge in [-0.05, 0) is 72.5 Å². The Morgan fingerprint density at radius 1 is 0.595 bits per heavy atom. The highest BCUT2D eigenvalue weighted by atomic mass is 15.0. The maximum Gasteiger partial charge on any atom is 0.0992 e. The molecule has 3 nitrogen and oxygen atoms in total. The summed E-state index contributed by atoms with van der Waals surface area (Å²) in [4.78, 5) is 0. The Labute approximate surface area is 245 Å². The van der Waals surface area contributed by atoms with Gasteiger partial charge in [0.15, 0.2) is 0 Å². The van der Waals surface area contributed by atoms with Crippen LogP contribution in [0, 0.1) is 11.3 Å². The summed E-state index contributed by atoms with van der Waals surface area (Å²) in [5.74, 6) is 0. The highest BCUT2D eigenvalue weighted by Gasteiger charge is 2.18. The summed E-state index contributed by atoms with van der Waals surface area (Å²) in [5.41, 5.74) is 9.90. The molecule has 0 radical (unpaired) electrons. The van der Waals surface area contributed by atoms with Gasteiger partial charge in [0.2, 0.25) is 0 Å². The normalized spacial score (nSPS) is 13.1. The van der Waals surface area contributed by atoms with Crippen molar-refractivity contribution >= 4 is 54.9 Å². The largest absolute Gasteiger partial charge is 0.313 e. The third-order valence-electron chi connectivity index (χ3n) is 8.17. The van der Waals surface area contributed by atoms with Gasteiger partial charge in [-0.25, -0.2) is 0 Å². The van der Waals surface area contributed by atoms with Gasteiger partial charge in [-0.1, -0.05) is 92.7 Å². The fourth-order valence-corrected chi connectivity index (χ4v) is 6.47. The minimum atomic E-state index is 0.660. The molecule has 7 aromatic rings. The molecule has 1 aliphatic rings. The standard InChI is InChI=1S/C37H25N3.C2H6/c38-24-25-20-27(23-29(21-25)40-36-18-7-3-14-32(36)33-15-4-8-19-37(33)40)26-10-9-11-28(22-26)39-34-16-5-1-12-30(34)31-13-2-6-17-35(31)39;1-2/h1-8,10,12-23H,9,11H2;1-2H3. The van der Waals surface area contributed by atoms with E-state index in [2.05, 4.69) is 130 Å². The summed E-state index contributed by atoms with van der Waals surface area (Å²) in [6.45, 7) is 4.00. The fourth-order valence-electron chi connectivity index (χ4n) is 6.47. The van der Waals surface area contributed by atoms with E-state index in [0.29, 0.717) is 5.56 Å². The molecular weight excluding hydrogens is 510 g/mol. The quantitative estimate of drug-likeness (QED) is 0.219. The number of benzene rings is 5. The van der Waals surface area contributed by atoms with Gasteiger partial charge >= 0.3 is 0 Å². The Balaban J connectivity index is 0.00000141. The molecule has 202 valence electrons. The molecule has 0 bridgehead atoms. The lowest BCUT2D eigenvalue weighted by molar-refractivity contribution is 0.982. The number of allylic oxidation sites excluding steroid dienone is 4. The first-order valence-corrected chi connectivity index (χ1v) is 14.7. The molecule has 0 saturated heterocycles. The maximum atomic E-state index is 10.0. The van der Waals surface area contributed by atoms with Crippen molar-refractivity contribution < 1.29 is 0 Å². The van der Waals surface area contributed by atoms with Crippen LogP contribution in [-0.4, -0.2) is 9.13 Å². The topological polar surface area (TPSA) is 33.6 Å². The summed E-state index contributed by atoms with van der Waals surface area (Å²) in [6, 6.07) is 43.0. The van der Waals surface area contributed by atoms with Crippen molar-refractivity contribution in [3.63, 3.8) is 0 Å². The molecule has 3 heteroatoms. The average Bonchev–Trinajstić information content (AvgIpc) is 3.59. The van der Waals surface area contributed by atoms with Gasteiger partial charge in [-0.3, -0.25) is 0 Å². The molecule has 0 aliphatic heterocycles. The number of para-hydroxylation sites is 4. The highest BCUT2D eigenvalue weighted by Crippen LogP contribution is 2.38. The molecule has 42 heavy (non-hydrogen) atoms. The van der Waals surface area contributed by atoms with E-state index in [1.54, 1.807) is 0 Å². The molecule has 1 aliphatic carbocycles. The SMILES string of the molecule is CC.N#Cc1cc(C2=CCCC(n3c4ccccc4c4ccccc43)=C2)cc(-n2c3ccccc3c3ccccc32)c1. The van der Waals surface area contributed by atoms with Crippen LogP contribution in [0.4, 0.5) is 0 Å². The van der Waals surface area contributed by atoms with Crippen molar-refractivity contribution in [1.82, 2.24) is 9.13 Å². The van der Waals surface area contributed by atoms with E-state index in [9.17, 15) is 5.26 Å². The average molecular weight is 542 g/mol. The van der Waals surface area contributed by atoms with Crippen molar-refractivity contribution in [2.24, 2.45) is 0 Å². The Morgan fingerprint density at radius 3 is 1.57 bits per heavy atom. The second kappa shape index (κ2) is 10.6. The van der Waals surface area contributed by atoms with E-state index in [0.717, 1.165) is 40.7 Å². The van der Waals surface area contributed by atoms with Gasteiger partial charge in [0.25, 0.3) is 0 Å². The van der Waals surface area contributed by atoms with Gasteiger partial charge in [-0.15, -0.1) is 0 Å². The van der Waals surface area contributed by atoms with E-state index in [4.69, 9.17) is 0 Å². The third-order valence-corrected chi connectivity index (χ3v) is 8.17. The lowest BCUT2D eigenvalue weighted by atomic mass is 9.95. The molecule has 2 heterocycles. The molecule has 8 rings (SSSR count). The molecule has 0 N–H and O–H groups in total. The smallest absolute Gasteiger partial charge is 0.0992 e. The number of nitrogens with zero attached hydrogens (tertiary/aromatic N) is 3. The number of hydrogen-bond acceptors (Lipinski definition) is 1. The van der Waals surface area contributed by atoms with Crippen LogP contribution in [0.25, 0.3) is 60.6 Å². The zero-order valence-electron chi connectivity index (χ0n) is 23.9. The van der Waals surface area contributed by atoms with Crippen molar-refractivity contribution in [2.75, 3.05) is 0 Å². The third kappa shape index (κ3) is 4.04. The minimum absolute atomic E-state index is 0.660. The van der Waals surface area contributed by atoms with Crippen LogP contribution in [0.5, 0.6) is 0 Å². The van der Waals surface area contributed by atoms with Gasteiger partial charge in [0.1, 0.15) is 0 Å². The molecule has 0 spiro atoms. The first-order chi connectivity index (χ1) is 20.8. The summed E-state index contributed by atoms with van der Waals surface area (Å²) < 4.78 is 4.70. The maximum absolute atomic E-state index is 10.0. The summed E-state index contributed by atoms with van der Waals surface area (Å²) in [7, 11) is 0. The molecule has 5 aromatic carbocycles. The first-order valence-electron chi connectivity index (χ1n) is 14.7. The summed E-state index contributed by atoms with van der Waals surface area (Å²) >= 11 is 0.